The van der Waals surface area contributed by atoms with Gasteiger partial charge < -0.3 is 20.1 Å². The van der Waals surface area contributed by atoms with Crippen molar-refractivity contribution in [1.82, 2.24) is 0 Å². The summed E-state index contributed by atoms with van der Waals surface area (Å²) in [6.07, 6.45) is 0.296. The molecule has 0 aliphatic carbocycles. The van der Waals surface area contributed by atoms with E-state index in [-0.39, 0.29) is 12.2 Å². The summed E-state index contributed by atoms with van der Waals surface area (Å²) in [7, 11) is 0. The Hall–Kier alpha value is -1.17. The molecule has 0 aromatic rings. The van der Waals surface area contributed by atoms with Crippen LogP contribution in [0.4, 0.5) is 0 Å². The number of carbonyl (C=O) groups excluding carboxylic acids is 1. The van der Waals surface area contributed by atoms with E-state index >= 15 is 0 Å². The van der Waals surface area contributed by atoms with Crippen LogP contribution in [0.15, 0.2) is 23.5 Å². The summed E-state index contributed by atoms with van der Waals surface area (Å²) < 4.78 is 4.84. The van der Waals surface area contributed by atoms with Crippen molar-refractivity contribution in [2.45, 2.75) is 38.6 Å². The Morgan fingerprint density at radius 1 is 1.38 bits per heavy atom. The molecule has 0 saturated carbocycles. The third kappa shape index (κ3) is 3.44. The molecular weight excluding hydrogens is 212 g/mol. The summed E-state index contributed by atoms with van der Waals surface area (Å²) >= 11 is 0. The number of carbonyl (C=O) groups is 1. The average Bonchev–Trinajstić information content (AvgIpc) is 2.45. The van der Waals surface area contributed by atoms with Crippen LogP contribution in [-0.2, 0) is 9.53 Å². The van der Waals surface area contributed by atoms with E-state index in [4.69, 9.17) is 14.9 Å². The van der Waals surface area contributed by atoms with Gasteiger partial charge in [-0.2, -0.15) is 0 Å². The van der Waals surface area contributed by atoms with Crippen LogP contribution in [0.2, 0.25) is 0 Å². The van der Waals surface area contributed by atoms with Crippen LogP contribution in [0.1, 0.15) is 20.3 Å². The number of esters is 1. The normalized spacial score (nSPS) is 23.9. The Labute approximate surface area is 93.7 Å². The minimum atomic E-state index is -1.08. The minimum absolute atomic E-state index is 0.203. The molecule has 3 atom stereocenters. The van der Waals surface area contributed by atoms with Gasteiger partial charge in [0.05, 0.1) is 12.2 Å². The molecule has 0 bridgehead atoms. The SMILES string of the molecule is C[C@H](O)CC1=CC(=C[C@H](O)[C@@H](C)O)OC1=O. The van der Waals surface area contributed by atoms with Crippen molar-refractivity contribution in [1.29, 1.82) is 0 Å². The summed E-state index contributed by atoms with van der Waals surface area (Å²) in [5.74, 6) is -0.320. The first kappa shape index (κ1) is 12.9. The maximum Gasteiger partial charge on any atom is 0.339 e. The lowest BCUT2D eigenvalue weighted by Gasteiger charge is -2.08. The average molecular weight is 228 g/mol. The van der Waals surface area contributed by atoms with Gasteiger partial charge in [0.25, 0.3) is 0 Å². The summed E-state index contributed by atoms with van der Waals surface area (Å²) in [6, 6.07) is 0. The highest BCUT2D eigenvalue weighted by Crippen LogP contribution is 2.21. The van der Waals surface area contributed by atoms with Gasteiger partial charge in [-0.15, -0.1) is 0 Å². The van der Waals surface area contributed by atoms with E-state index in [1.54, 1.807) is 6.92 Å². The lowest BCUT2D eigenvalue weighted by molar-refractivity contribution is -0.133. The van der Waals surface area contributed by atoms with Gasteiger partial charge in [-0.1, -0.05) is 0 Å². The summed E-state index contributed by atoms with van der Waals surface area (Å²) in [5, 5.41) is 27.5. The Bertz CT molecular complexity index is 327. The molecule has 0 unspecified atom stereocenters. The van der Waals surface area contributed by atoms with E-state index in [2.05, 4.69) is 0 Å². The van der Waals surface area contributed by atoms with Gasteiger partial charge in [-0.3, -0.25) is 0 Å². The highest BCUT2D eigenvalue weighted by atomic mass is 16.5. The van der Waals surface area contributed by atoms with Crippen LogP contribution in [0, 0.1) is 0 Å². The highest BCUT2D eigenvalue weighted by molar-refractivity contribution is 5.92. The molecule has 1 aliphatic heterocycles. The number of hydrogen-bond donors (Lipinski definition) is 3. The molecule has 90 valence electrons. The molecule has 0 radical (unpaired) electrons. The third-order valence-electron chi connectivity index (χ3n) is 2.13. The van der Waals surface area contributed by atoms with Crippen LogP contribution >= 0.6 is 0 Å². The van der Waals surface area contributed by atoms with Crippen LogP contribution in [0.5, 0.6) is 0 Å². The van der Waals surface area contributed by atoms with Gasteiger partial charge in [0.1, 0.15) is 11.9 Å². The van der Waals surface area contributed by atoms with E-state index in [1.807, 2.05) is 0 Å². The first-order chi connectivity index (χ1) is 7.40. The molecule has 1 aliphatic rings. The summed E-state index contributed by atoms with van der Waals surface area (Å²) in [4.78, 5) is 11.3. The van der Waals surface area contributed by atoms with E-state index in [9.17, 15) is 9.90 Å². The zero-order chi connectivity index (χ0) is 12.3. The van der Waals surface area contributed by atoms with E-state index < -0.39 is 24.3 Å². The lowest BCUT2D eigenvalue weighted by Crippen LogP contribution is -2.20. The predicted molar refractivity (Wildman–Crippen MR) is 56.2 cm³/mol. The maximum atomic E-state index is 11.3. The smallest absolute Gasteiger partial charge is 0.339 e. The van der Waals surface area contributed by atoms with Crippen LogP contribution in [-0.4, -0.2) is 39.6 Å². The van der Waals surface area contributed by atoms with Gasteiger partial charge in [-0.25, -0.2) is 4.79 Å². The van der Waals surface area contributed by atoms with Crippen molar-refractivity contribution >= 4 is 5.97 Å². The molecular formula is C11H16O5. The molecule has 0 aromatic carbocycles. The first-order valence-electron chi connectivity index (χ1n) is 5.09. The monoisotopic (exact) mass is 228 g/mol. The standard InChI is InChI=1S/C11H16O5/c1-6(12)3-8-4-9(16-11(8)15)5-10(14)7(2)13/h4-7,10,12-14H,3H2,1-2H3/t6-,7+,10-/m0/s1. The van der Waals surface area contributed by atoms with Gasteiger partial charge in [0.2, 0.25) is 0 Å². The van der Waals surface area contributed by atoms with Crippen molar-refractivity contribution in [2.75, 3.05) is 0 Å². The second-order valence-electron chi connectivity index (χ2n) is 3.91. The molecule has 3 N–H and O–H groups in total. The first-order valence-corrected chi connectivity index (χ1v) is 5.09. The Morgan fingerprint density at radius 3 is 2.50 bits per heavy atom. The van der Waals surface area contributed by atoms with Gasteiger partial charge in [0.15, 0.2) is 0 Å². The number of rotatable bonds is 4. The molecule has 0 spiro atoms. The number of aliphatic hydroxyl groups excluding tert-OH is 3. The molecule has 0 fully saturated rings. The molecule has 0 saturated heterocycles. The van der Waals surface area contributed by atoms with Crippen molar-refractivity contribution < 1.29 is 24.9 Å². The summed E-state index contributed by atoms with van der Waals surface area (Å²) in [5.41, 5.74) is 0.360. The Morgan fingerprint density at radius 2 is 2.00 bits per heavy atom. The Balaban J connectivity index is 2.73. The van der Waals surface area contributed by atoms with E-state index in [0.717, 1.165) is 0 Å². The van der Waals surface area contributed by atoms with Crippen LogP contribution in [0.25, 0.3) is 0 Å². The predicted octanol–water partition coefficient (Wildman–Crippen LogP) is -0.134. The number of aliphatic hydroxyl groups is 3. The quantitative estimate of drug-likeness (QED) is 0.583. The zero-order valence-corrected chi connectivity index (χ0v) is 9.25. The van der Waals surface area contributed by atoms with Crippen molar-refractivity contribution in [3.05, 3.63) is 23.5 Å². The van der Waals surface area contributed by atoms with Crippen molar-refractivity contribution in [3.63, 3.8) is 0 Å². The van der Waals surface area contributed by atoms with Gasteiger partial charge in [-0.05, 0) is 26.0 Å². The summed E-state index contributed by atoms with van der Waals surface area (Å²) in [6.45, 7) is 3.00. The molecule has 5 nitrogen and oxygen atoms in total. The lowest BCUT2D eigenvalue weighted by atomic mass is 10.1. The molecule has 16 heavy (non-hydrogen) atoms. The van der Waals surface area contributed by atoms with Crippen molar-refractivity contribution in [3.8, 4) is 0 Å². The van der Waals surface area contributed by atoms with E-state index in [0.29, 0.717) is 5.57 Å². The Kier molecular flexibility index (Phi) is 4.23. The fourth-order valence-electron chi connectivity index (χ4n) is 1.28. The molecule has 1 rings (SSSR count). The zero-order valence-electron chi connectivity index (χ0n) is 9.25. The fraction of sp³-hybridized carbons (Fsp3) is 0.545. The largest absolute Gasteiger partial charge is 0.423 e. The number of ether oxygens (including phenoxy) is 1. The number of cyclic esters (lactones) is 1. The third-order valence-corrected chi connectivity index (χ3v) is 2.13. The molecule has 5 heteroatoms. The fourth-order valence-corrected chi connectivity index (χ4v) is 1.28. The van der Waals surface area contributed by atoms with Gasteiger partial charge in [0, 0.05) is 12.0 Å². The second kappa shape index (κ2) is 5.25. The number of hydrogen-bond acceptors (Lipinski definition) is 5. The minimum Gasteiger partial charge on any atom is -0.423 e. The molecule has 0 aromatic heterocycles. The van der Waals surface area contributed by atoms with Crippen LogP contribution in [0.3, 0.4) is 0 Å². The van der Waals surface area contributed by atoms with E-state index in [1.165, 1.54) is 19.1 Å². The van der Waals surface area contributed by atoms with Gasteiger partial charge >= 0.3 is 5.97 Å². The van der Waals surface area contributed by atoms with Crippen LogP contribution < -0.4 is 0 Å². The molecule has 0 amide bonds. The topological polar surface area (TPSA) is 87.0 Å². The second-order valence-corrected chi connectivity index (χ2v) is 3.91. The molecule has 1 heterocycles. The number of allylic oxidation sites excluding steroid dienone is 1. The maximum absolute atomic E-state index is 11.3. The highest BCUT2D eigenvalue weighted by Gasteiger charge is 2.23. The van der Waals surface area contributed by atoms with Crippen molar-refractivity contribution in [2.24, 2.45) is 0 Å².